The Morgan fingerprint density at radius 2 is 1.90 bits per heavy atom. The summed E-state index contributed by atoms with van der Waals surface area (Å²) in [7, 11) is 0. The molecule has 1 saturated heterocycles. The van der Waals surface area contributed by atoms with Gasteiger partial charge in [0.15, 0.2) is 0 Å². The summed E-state index contributed by atoms with van der Waals surface area (Å²) < 4.78 is 0. The lowest BCUT2D eigenvalue weighted by atomic mass is 9.99. The molecule has 0 radical (unpaired) electrons. The maximum absolute atomic E-state index is 4.86. The minimum absolute atomic E-state index is 0.357. The first kappa shape index (κ1) is 16.1. The Morgan fingerprint density at radius 1 is 1.24 bits per heavy atom. The largest absolute Gasteiger partial charge is 0.370 e. The van der Waals surface area contributed by atoms with Crippen LogP contribution in [0.2, 0.25) is 0 Å². The number of hydrogen-bond acceptors (Lipinski definition) is 4. The Morgan fingerprint density at radius 3 is 2.48 bits per heavy atom. The molecule has 21 heavy (non-hydrogen) atoms. The fraction of sp³-hybridized carbons (Fsp3) is 0.765. The summed E-state index contributed by atoms with van der Waals surface area (Å²) in [5.41, 5.74) is 1.20. The zero-order valence-corrected chi connectivity index (χ0v) is 14.2. The van der Waals surface area contributed by atoms with Gasteiger partial charge in [-0.15, -0.1) is 0 Å². The van der Waals surface area contributed by atoms with Crippen LogP contribution in [0.15, 0.2) is 0 Å². The molecule has 0 aliphatic carbocycles. The number of hydrogen-bond donors (Lipinski definition) is 1. The van der Waals surface area contributed by atoms with E-state index in [9.17, 15) is 0 Å². The maximum Gasteiger partial charge on any atom is 0.137 e. The van der Waals surface area contributed by atoms with Gasteiger partial charge in [0.05, 0.1) is 0 Å². The molecule has 0 bridgehead atoms. The average Bonchev–Trinajstić information content (AvgIpc) is 2.47. The van der Waals surface area contributed by atoms with Gasteiger partial charge < -0.3 is 10.2 Å². The fourth-order valence-corrected chi connectivity index (χ4v) is 2.72. The minimum atomic E-state index is 0.357. The summed E-state index contributed by atoms with van der Waals surface area (Å²) in [4.78, 5) is 12.0. The molecule has 0 unspecified atom stereocenters. The van der Waals surface area contributed by atoms with Crippen LogP contribution in [0, 0.1) is 12.8 Å². The van der Waals surface area contributed by atoms with Gasteiger partial charge in [-0.3, -0.25) is 0 Å². The molecule has 118 valence electrons. The lowest BCUT2D eigenvalue weighted by Gasteiger charge is -2.33. The molecule has 0 saturated carbocycles. The van der Waals surface area contributed by atoms with Crippen LogP contribution >= 0.6 is 0 Å². The Bertz CT molecular complexity index is 462. The molecule has 4 nitrogen and oxygen atoms in total. The number of nitrogens with one attached hydrogen (secondary N) is 1. The summed E-state index contributed by atoms with van der Waals surface area (Å²) in [6.07, 6.45) is 3.63. The molecule has 2 rings (SSSR count). The summed E-state index contributed by atoms with van der Waals surface area (Å²) in [6, 6.07) is 0. The van der Waals surface area contributed by atoms with E-state index in [4.69, 9.17) is 9.97 Å². The van der Waals surface area contributed by atoms with Crippen molar-refractivity contribution in [2.24, 2.45) is 5.92 Å². The SMILES string of the molecule is CCCNc1nc(C(C)C)nc(N2CCC(C)CC2)c1C. The first-order valence-electron chi connectivity index (χ1n) is 8.40. The third-order valence-electron chi connectivity index (χ3n) is 4.28. The summed E-state index contributed by atoms with van der Waals surface area (Å²) >= 11 is 0. The van der Waals surface area contributed by atoms with Crippen molar-refractivity contribution in [3.8, 4) is 0 Å². The van der Waals surface area contributed by atoms with E-state index in [0.29, 0.717) is 5.92 Å². The van der Waals surface area contributed by atoms with Crippen molar-refractivity contribution in [3.63, 3.8) is 0 Å². The smallest absolute Gasteiger partial charge is 0.137 e. The van der Waals surface area contributed by atoms with E-state index in [-0.39, 0.29) is 0 Å². The Hall–Kier alpha value is -1.32. The van der Waals surface area contributed by atoms with Gasteiger partial charge in [0.25, 0.3) is 0 Å². The van der Waals surface area contributed by atoms with Gasteiger partial charge >= 0.3 is 0 Å². The van der Waals surface area contributed by atoms with Crippen molar-refractivity contribution >= 4 is 11.6 Å². The second-order valence-corrected chi connectivity index (χ2v) is 6.63. The van der Waals surface area contributed by atoms with Crippen LogP contribution in [0.25, 0.3) is 0 Å². The highest BCUT2D eigenvalue weighted by molar-refractivity contribution is 5.59. The van der Waals surface area contributed by atoms with Gasteiger partial charge in [0.1, 0.15) is 17.5 Å². The van der Waals surface area contributed by atoms with E-state index >= 15 is 0 Å². The third-order valence-corrected chi connectivity index (χ3v) is 4.28. The molecule has 0 atom stereocenters. The van der Waals surface area contributed by atoms with Gasteiger partial charge in [0.2, 0.25) is 0 Å². The van der Waals surface area contributed by atoms with E-state index < -0.39 is 0 Å². The van der Waals surface area contributed by atoms with E-state index in [1.807, 2.05) is 0 Å². The Kier molecular flexibility index (Phi) is 5.43. The molecule has 0 spiro atoms. The Labute approximate surface area is 129 Å². The fourth-order valence-electron chi connectivity index (χ4n) is 2.72. The van der Waals surface area contributed by atoms with Gasteiger partial charge in [-0.05, 0) is 32.1 Å². The topological polar surface area (TPSA) is 41.1 Å². The van der Waals surface area contributed by atoms with Gasteiger partial charge in [-0.1, -0.05) is 27.7 Å². The number of nitrogens with zero attached hydrogens (tertiary/aromatic N) is 3. The summed E-state index contributed by atoms with van der Waals surface area (Å²) in [6.45, 7) is 14.2. The highest BCUT2D eigenvalue weighted by Crippen LogP contribution is 2.29. The highest BCUT2D eigenvalue weighted by atomic mass is 15.2. The van der Waals surface area contributed by atoms with Crippen molar-refractivity contribution in [3.05, 3.63) is 11.4 Å². The monoisotopic (exact) mass is 290 g/mol. The van der Waals surface area contributed by atoms with Crippen LogP contribution in [0.1, 0.15) is 64.3 Å². The second kappa shape index (κ2) is 7.10. The van der Waals surface area contributed by atoms with Crippen LogP contribution in [-0.4, -0.2) is 29.6 Å². The molecular formula is C17H30N4. The molecule has 1 aliphatic rings. The van der Waals surface area contributed by atoms with Gasteiger partial charge in [-0.2, -0.15) is 0 Å². The number of aromatic nitrogens is 2. The lowest BCUT2D eigenvalue weighted by molar-refractivity contribution is 0.435. The van der Waals surface area contributed by atoms with Gasteiger partial charge in [-0.25, -0.2) is 9.97 Å². The van der Waals surface area contributed by atoms with Crippen molar-refractivity contribution in [2.75, 3.05) is 29.9 Å². The first-order valence-corrected chi connectivity index (χ1v) is 8.40. The van der Waals surface area contributed by atoms with E-state index in [1.165, 1.54) is 18.4 Å². The van der Waals surface area contributed by atoms with Crippen molar-refractivity contribution in [1.29, 1.82) is 0 Å². The zero-order valence-electron chi connectivity index (χ0n) is 14.2. The maximum atomic E-state index is 4.86. The molecule has 0 aromatic carbocycles. The molecule has 1 fully saturated rings. The molecular weight excluding hydrogens is 260 g/mol. The summed E-state index contributed by atoms with van der Waals surface area (Å²) in [5.74, 6) is 4.30. The van der Waals surface area contributed by atoms with Gasteiger partial charge in [0, 0.05) is 31.1 Å². The molecule has 1 aromatic rings. The average molecular weight is 290 g/mol. The molecule has 2 heterocycles. The van der Waals surface area contributed by atoms with Crippen LogP contribution < -0.4 is 10.2 Å². The second-order valence-electron chi connectivity index (χ2n) is 6.63. The standard InChI is InChI=1S/C17H30N4/c1-6-9-18-16-14(5)17(20-15(19-16)12(2)3)21-10-7-13(4)8-11-21/h12-13H,6-11H2,1-5H3,(H,18,19,20). The Balaban J connectivity index is 2.31. The van der Waals surface area contributed by atoms with E-state index in [0.717, 1.165) is 49.4 Å². The van der Waals surface area contributed by atoms with Crippen molar-refractivity contribution in [1.82, 2.24) is 9.97 Å². The number of anilines is 2. The number of piperidine rings is 1. The number of rotatable bonds is 5. The van der Waals surface area contributed by atoms with E-state index in [1.54, 1.807) is 0 Å². The van der Waals surface area contributed by atoms with Crippen molar-refractivity contribution in [2.45, 2.75) is 59.8 Å². The molecule has 1 aliphatic heterocycles. The quantitative estimate of drug-likeness (QED) is 0.891. The minimum Gasteiger partial charge on any atom is -0.370 e. The zero-order chi connectivity index (χ0) is 15.4. The van der Waals surface area contributed by atoms with Crippen molar-refractivity contribution < 1.29 is 0 Å². The first-order chi connectivity index (χ1) is 10.0. The predicted octanol–water partition coefficient (Wildman–Crippen LogP) is 3.97. The molecule has 0 amide bonds. The normalized spacial score (nSPS) is 16.6. The third kappa shape index (κ3) is 3.86. The predicted molar refractivity (Wildman–Crippen MR) is 90.2 cm³/mol. The van der Waals surface area contributed by atoms with E-state index in [2.05, 4.69) is 44.8 Å². The lowest BCUT2D eigenvalue weighted by Crippen LogP contribution is -2.34. The highest BCUT2D eigenvalue weighted by Gasteiger charge is 2.21. The molecule has 1 N–H and O–H groups in total. The van der Waals surface area contributed by atoms with Crippen LogP contribution in [-0.2, 0) is 0 Å². The van der Waals surface area contributed by atoms with Crippen LogP contribution in [0.4, 0.5) is 11.6 Å². The molecule has 4 heteroatoms. The van der Waals surface area contributed by atoms with Crippen LogP contribution in [0.5, 0.6) is 0 Å². The summed E-state index contributed by atoms with van der Waals surface area (Å²) in [5, 5.41) is 3.47. The van der Waals surface area contributed by atoms with Crippen LogP contribution in [0.3, 0.4) is 0 Å². The molecule has 1 aromatic heterocycles.